The molecule has 0 radical (unpaired) electrons. The summed E-state index contributed by atoms with van der Waals surface area (Å²) in [6.07, 6.45) is 0.117. The van der Waals surface area contributed by atoms with Crippen LogP contribution < -0.4 is 16.4 Å². The van der Waals surface area contributed by atoms with Crippen LogP contribution in [0, 0.1) is 0 Å². The van der Waals surface area contributed by atoms with Crippen LogP contribution in [-0.4, -0.2) is 81.7 Å². The summed E-state index contributed by atoms with van der Waals surface area (Å²) >= 11 is 3.87. The van der Waals surface area contributed by atoms with Crippen molar-refractivity contribution in [3.8, 4) is 0 Å². The van der Waals surface area contributed by atoms with Gasteiger partial charge in [-0.25, -0.2) is 0 Å². The van der Waals surface area contributed by atoms with Gasteiger partial charge in [0.1, 0.15) is 18.6 Å². The molecule has 0 aromatic rings. The maximum atomic E-state index is 12.7. The maximum absolute atomic E-state index is 12.7. The van der Waals surface area contributed by atoms with E-state index in [0.29, 0.717) is 12.8 Å². The standard InChI is InChI=1S/C14H22N4O7S/c15-7(6-26)12(23)17-8(4-10(19)20)14(25)18-3-1-2-9(18)13(24)16-5-11(21)22/h7-9,26H,1-6,15H2,(H,16,24)(H,17,23)(H,19,20)(H,21,22). The van der Waals surface area contributed by atoms with Gasteiger partial charge in [0, 0.05) is 12.3 Å². The van der Waals surface area contributed by atoms with Crippen molar-refractivity contribution in [1.82, 2.24) is 15.5 Å². The van der Waals surface area contributed by atoms with E-state index >= 15 is 0 Å². The Morgan fingerprint density at radius 1 is 1.19 bits per heavy atom. The van der Waals surface area contributed by atoms with Crippen LogP contribution in [0.3, 0.4) is 0 Å². The zero-order valence-corrected chi connectivity index (χ0v) is 14.8. The molecule has 3 amide bonds. The summed E-state index contributed by atoms with van der Waals surface area (Å²) in [5, 5.41) is 22.1. The second kappa shape index (κ2) is 9.97. The Hall–Kier alpha value is -2.34. The highest BCUT2D eigenvalue weighted by molar-refractivity contribution is 7.80. The first-order valence-corrected chi connectivity index (χ1v) is 8.49. The van der Waals surface area contributed by atoms with Gasteiger partial charge < -0.3 is 31.5 Å². The van der Waals surface area contributed by atoms with Crippen molar-refractivity contribution in [1.29, 1.82) is 0 Å². The van der Waals surface area contributed by atoms with E-state index in [0.717, 1.165) is 4.90 Å². The molecule has 1 aliphatic rings. The fourth-order valence-electron chi connectivity index (χ4n) is 2.52. The van der Waals surface area contributed by atoms with Crippen LogP contribution in [0.5, 0.6) is 0 Å². The molecule has 3 unspecified atom stereocenters. The summed E-state index contributed by atoms with van der Waals surface area (Å²) in [6.45, 7) is -0.405. The van der Waals surface area contributed by atoms with E-state index in [1.807, 2.05) is 0 Å². The summed E-state index contributed by atoms with van der Waals surface area (Å²) in [6, 6.07) is -3.33. The molecule has 11 nitrogen and oxygen atoms in total. The average Bonchev–Trinajstić information content (AvgIpc) is 3.06. The summed E-state index contributed by atoms with van der Waals surface area (Å²) in [4.78, 5) is 59.4. The third-order valence-corrected chi connectivity index (χ3v) is 4.17. The first-order valence-electron chi connectivity index (χ1n) is 7.86. The Bertz CT molecular complexity index is 586. The van der Waals surface area contributed by atoms with Crippen LogP contribution in [0.4, 0.5) is 0 Å². The topological polar surface area (TPSA) is 179 Å². The largest absolute Gasteiger partial charge is 0.481 e. The molecule has 0 aromatic heterocycles. The Kier molecular flexibility index (Phi) is 8.32. The van der Waals surface area contributed by atoms with Crippen molar-refractivity contribution < 1.29 is 34.2 Å². The van der Waals surface area contributed by atoms with Crippen molar-refractivity contribution in [3.05, 3.63) is 0 Å². The summed E-state index contributed by atoms with van der Waals surface area (Å²) in [7, 11) is 0. The quantitative estimate of drug-likeness (QED) is 0.232. The van der Waals surface area contributed by atoms with Crippen molar-refractivity contribution in [2.75, 3.05) is 18.8 Å². The number of thiol groups is 1. The average molecular weight is 390 g/mol. The lowest BCUT2D eigenvalue weighted by molar-refractivity contribution is -0.146. The predicted molar refractivity (Wildman–Crippen MR) is 91.4 cm³/mol. The van der Waals surface area contributed by atoms with E-state index < -0.39 is 60.8 Å². The number of carboxylic acid groups (broad SMARTS) is 2. The highest BCUT2D eigenvalue weighted by Gasteiger charge is 2.38. The van der Waals surface area contributed by atoms with E-state index in [1.54, 1.807) is 0 Å². The van der Waals surface area contributed by atoms with Gasteiger partial charge in [0.25, 0.3) is 0 Å². The number of hydrogen-bond acceptors (Lipinski definition) is 7. The Morgan fingerprint density at radius 2 is 1.85 bits per heavy atom. The molecular weight excluding hydrogens is 368 g/mol. The molecule has 1 fully saturated rings. The van der Waals surface area contributed by atoms with Crippen molar-refractivity contribution in [2.45, 2.75) is 37.4 Å². The van der Waals surface area contributed by atoms with E-state index in [4.69, 9.17) is 15.9 Å². The first kappa shape index (κ1) is 21.7. The molecular formula is C14H22N4O7S. The molecule has 1 rings (SSSR count). The van der Waals surface area contributed by atoms with Crippen LogP contribution in [0.2, 0.25) is 0 Å². The Morgan fingerprint density at radius 3 is 2.38 bits per heavy atom. The molecule has 1 aliphatic heterocycles. The third-order valence-electron chi connectivity index (χ3n) is 3.78. The Balaban J connectivity index is 2.87. The third kappa shape index (κ3) is 6.19. The monoisotopic (exact) mass is 390 g/mol. The van der Waals surface area contributed by atoms with Gasteiger partial charge in [-0.2, -0.15) is 12.6 Å². The van der Waals surface area contributed by atoms with Crippen LogP contribution in [0.1, 0.15) is 19.3 Å². The van der Waals surface area contributed by atoms with Gasteiger partial charge in [-0.3, -0.25) is 24.0 Å². The van der Waals surface area contributed by atoms with Crippen LogP contribution in [-0.2, 0) is 24.0 Å². The summed E-state index contributed by atoms with van der Waals surface area (Å²) in [5.74, 6) is -4.65. The van der Waals surface area contributed by atoms with E-state index in [1.165, 1.54) is 0 Å². The number of rotatable bonds is 9. The lowest BCUT2D eigenvalue weighted by Crippen LogP contribution is -2.56. The minimum Gasteiger partial charge on any atom is -0.481 e. The highest BCUT2D eigenvalue weighted by Crippen LogP contribution is 2.19. The zero-order valence-electron chi connectivity index (χ0n) is 13.9. The molecule has 3 atom stereocenters. The molecule has 0 saturated carbocycles. The molecule has 26 heavy (non-hydrogen) atoms. The van der Waals surface area contributed by atoms with Gasteiger partial charge in [0.15, 0.2) is 0 Å². The fourth-order valence-corrected chi connectivity index (χ4v) is 2.69. The number of nitrogens with one attached hydrogen (secondary N) is 2. The van der Waals surface area contributed by atoms with Crippen LogP contribution in [0.25, 0.3) is 0 Å². The van der Waals surface area contributed by atoms with Gasteiger partial charge in [0.05, 0.1) is 12.5 Å². The summed E-state index contributed by atoms with van der Waals surface area (Å²) in [5.41, 5.74) is 5.51. The predicted octanol–water partition coefficient (Wildman–Crippen LogP) is -2.61. The molecule has 146 valence electrons. The number of aliphatic carboxylic acids is 2. The molecule has 0 aromatic carbocycles. The number of carboxylic acids is 2. The van der Waals surface area contributed by atoms with Gasteiger partial charge in [-0.05, 0) is 12.8 Å². The van der Waals surface area contributed by atoms with Crippen LogP contribution in [0.15, 0.2) is 0 Å². The molecule has 1 heterocycles. The summed E-state index contributed by atoms with van der Waals surface area (Å²) < 4.78 is 0. The molecule has 0 bridgehead atoms. The van der Waals surface area contributed by atoms with Gasteiger partial charge in [-0.15, -0.1) is 0 Å². The SMILES string of the molecule is NC(CS)C(=O)NC(CC(=O)O)C(=O)N1CCCC1C(=O)NCC(=O)O. The molecule has 1 saturated heterocycles. The van der Waals surface area contributed by atoms with Crippen LogP contribution >= 0.6 is 12.6 Å². The second-order valence-electron chi connectivity index (χ2n) is 5.75. The maximum Gasteiger partial charge on any atom is 0.322 e. The zero-order chi connectivity index (χ0) is 19.9. The van der Waals surface area contributed by atoms with E-state index in [9.17, 15) is 24.0 Å². The molecule has 6 N–H and O–H groups in total. The first-order chi connectivity index (χ1) is 12.2. The van der Waals surface area contributed by atoms with E-state index in [-0.39, 0.29) is 12.3 Å². The second-order valence-corrected chi connectivity index (χ2v) is 6.11. The lowest BCUT2D eigenvalue weighted by Gasteiger charge is -2.28. The number of carbonyl (C=O) groups is 5. The van der Waals surface area contributed by atoms with Gasteiger partial charge in [0.2, 0.25) is 17.7 Å². The van der Waals surface area contributed by atoms with E-state index in [2.05, 4.69) is 23.3 Å². The van der Waals surface area contributed by atoms with Crippen molar-refractivity contribution >= 4 is 42.3 Å². The van der Waals surface area contributed by atoms with Gasteiger partial charge >= 0.3 is 11.9 Å². The molecule has 0 aliphatic carbocycles. The smallest absolute Gasteiger partial charge is 0.322 e. The number of likely N-dealkylation sites (tertiary alicyclic amines) is 1. The molecule has 12 heteroatoms. The number of amides is 3. The minimum atomic E-state index is -1.39. The number of hydrogen-bond donors (Lipinski definition) is 6. The lowest BCUT2D eigenvalue weighted by atomic mass is 10.1. The minimum absolute atomic E-state index is 0.00372. The number of carbonyl (C=O) groups excluding carboxylic acids is 3. The number of nitrogens with zero attached hydrogens (tertiary/aromatic N) is 1. The fraction of sp³-hybridized carbons (Fsp3) is 0.643. The van der Waals surface area contributed by atoms with Crippen molar-refractivity contribution in [2.24, 2.45) is 5.73 Å². The highest BCUT2D eigenvalue weighted by atomic mass is 32.1. The van der Waals surface area contributed by atoms with Gasteiger partial charge in [-0.1, -0.05) is 0 Å². The number of nitrogens with two attached hydrogens (primary N) is 1. The normalized spacial score (nSPS) is 18.7. The van der Waals surface area contributed by atoms with Crippen molar-refractivity contribution in [3.63, 3.8) is 0 Å². The Labute approximate surface area is 154 Å². The molecule has 0 spiro atoms.